The Morgan fingerprint density at radius 2 is 2.10 bits per heavy atom. The minimum Gasteiger partial charge on any atom is -0.365 e. The summed E-state index contributed by atoms with van der Waals surface area (Å²) >= 11 is 0. The van der Waals surface area contributed by atoms with Gasteiger partial charge in [0.05, 0.1) is 0 Å². The third-order valence-corrected chi connectivity index (χ3v) is 4.22. The number of pyridine rings is 1. The van der Waals surface area contributed by atoms with Crippen LogP contribution in [0.25, 0.3) is 0 Å². The van der Waals surface area contributed by atoms with Crippen molar-refractivity contribution in [2.24, 2.45) is 0 Å². The van der Waals surface area contributed by atoms with Crippen LogP contribution in [0, 0.1) is 0 Å². The van der Waals surface area contributed by atoms with E-state index in [9.17, 15) is 0 Å². The highest BCUT2D eigenvalue weighted by Gasteiger charge is 2.30. The maximum atomic E-state index is 4.33. The lowest BCUT2D eigenvalue weighted by Gasteiger charge is -2.32. The minimum absolute atomic E-state index is 0.133. The van der Waals surface area contributed by atoms with E-state index in [4.69, 9.17) is 0 Å². The van der Waals surface area contributed by atoms with E-state index in [0.29, 0.717) is 12.1 Å². The number of anilines is 1. The van der Waals surface area contributed by atoms with Crippen LogP contribution in [-0.4, -0.2) is 22.6 Å². The van der Waals surface area contributed by atoms with Gasteiger partial charge < -0.3 is 10.2 Å². The number of rotatable bonds is 4. The highest BCUT2D eigenvalue weighted by molar-refractivity contribution is 5.55. The van der Waals surface area contributed by atoms with Gasteiger partial charge in [-0.2, -0.15) is 0 Å². The standard InChI is InChI=1S/C17H29N3/c1-6-15-8-7-13(2)20(15)16-9-10-18-11-14(16)12-19-17(3,4)5/h9-11,13,15,19H,6-8,12H2,1-5H3. The van der Waals surface area contributed by atoms with Crippen molar-refractivity contribution in [2.75, 3.05) is 4.90 Å². The number of aromatic nitrogens is 1. The van der Waals surface area contributed by atoms with Crippen molar-refractivity contribution in [1.82, 2.24) is 10.3 Å². The lowest BCUT2D eigenvalue weighted by Crippen LogP contribution is -2.38. The first-order chi connectivity index (χ1) is 9.42. The molecule has 1 aliphatic rings. The van der Waals surface area contributed by atoms with Crippen molar-refractivity contribution in [3.63, 3.8) is 0 Å². The number of nitrogens with zero attached hydrogens (tertiary/aromatic N) is 2. The molecule has 2 heterocycles. The van der Waals surface area contributed by atoms with Gasteiger partial charge >= 0.3 is 0 Å². The second-order valence-corrected chi connectivity index (χ2v) is 7.00. The van der Waals surface area contributed by atoms with Crippen LogP contribution in [0.4, 0.5) is 5.69 Å². The molecule has 2 atom stereocenters. The van der Waals surface area contributed by atoms with E-state index in [1.165, 1.54) is 30.5 Å². The average Bonchev–Trinajstić information content (AvgIpc) is 2.77. The van der Waals surface area contributed by atoms with Crippen LogP contribution in [0.2, 0.25) is 0 Å². The fraction of sp³-hybridized carbons (Fsp3) is 0.706. The Bertz CT molecular complexity index is 436. The molecule has 112 valence electrons. The quantitative estimate of drug-likeness (QED) is 0.907. The van der Waals surface area contributed by atoms with E-state index in [0.717, 1.165) is 6.54 Å². The molecule has 2 unspecified atom stereocenters. The van der Waals surface area contributed by atoms with Crippen LogP contribution in [0.5, 0.6) is 0 Å². The van der Waals surface area contributed by atoms with E-state index >= 15 is 0 Å². The van der Waals surface area contributed by atoms with E-state index in [-0.39, 0.29) is 5.54 Å². The summed E-state index contributed by atoms with van der Waals surface area (Å²) in [7, 11) is 0. The molecular formula is C17H29N3. The molecule has 3 nitrogen and oxygen atoms in total. The van der Waals surface area contributed by atoms with Gasteiger partial charge in [0.1, 0.15) is 0 Å². The fourth-order valence-electron chi connectivity index (χ4n) is 3.07. The predicted octanol–water partition coefficient (Wildman–Crippen LogP) is 3.74. The molecule has 0 aromatic carbocycles. The predicted molar refractivity (Wildman–Crippen MR) is 86.1 cm³/mol. The highest BCUT2D eigenvalue weighted by Crippen LogP contribution is 2.33. The third-order valence-electron chi connectivity index (χ3n) is 4.22. The van der Waals surface area contributed by atoms with Gasteiger partial charge in [-0.3, -0.25) is 4.98 Å². The first kappa shape index (κ1) is 15.3. The van der Waals surface area contributed by atoms with Gasteiger partial charge in [0.15, 0.2) is 0 Å². The van der Waals surface area contributed by atoms with Gasteiger partial charge in [0.2, 0.25) is 0 Å². The summed E-state index contributed by atoms with van der Waals surface area (Å²) in [4.78, 5) is 6.94. The van der Waals surface area contributed by atoms with Crippen molar-refractivity contribution >= 4 is 5.69 Å². The zero-order valence-corrected chi connectivity index (χ0v) is 13.6. The van der Waals surface area contributed by atoms with Crippen LogP contribution < -0.4 is 10.2 Å². The van der Waals surface area contributed by atoms with E-state index in [1.807, 2.05) is 12.4 Å². The van der Waals surface area contributed by atoms with Crippen LogP contribution >= 0.6 is 0 Å². The summed E-state index contributed by atoms with van der Waals surface area (Å²) in [6, 6.07) is 3.50. The zero-order chi connectivity index (χ0) is 14.8. The highest BCUT2D eigenvalue weighted by atomic mass is 15.2. The van der Waals surface area contributed by atoms with Gasteiger partial charge in [-0.15, -0.1) is 0 Å². The van der Waals surface area contributed by atoms with Gasteiger partial charge in [-0.05, 0) is 53.0 Å². The maximum absolute atomic E-state index is 4.33. The summed E-state index contributed by atoms with van der Waals surface area (Å²) < 4.78 is 0. The van der Waals surface area contributed by atoms with Crippen LogP contribution in [0.1, 0.15) is 59.4 Å². The second-order valence-electron chi connectivity index (χ2n) is 7.00. The second kappa shape index (κ2) is 6.13. The van der Waals surface area contributed by atoms with Gasteiger partial charge in [0.25, 0.3) is 0 Å². The van der Waals surface area contributed by atoms with Crippen LogP contribution in [-0.2, 0) is 6.54 Å². The molecule has 0 spiro atoms. The number of hydrogen-bond acceptors (Lipinski definition) is 3. The normalized spacial score (nSPS) is 23.4. The molecule has 0 bridgehead atoms. The molecule has 1 aromatic rings. The SMILES string of the molecule is CCC1CCC(C)N1c1ccncc1CNC(C)(C)C. The largest absolute Gasteiger partial charge is 0.365 e. The van der Waals surface area contributed by atoms with Crippen LogP contribution in [0.3, 0.4) is 0 Å². The summed E-state index contributed by atoms with van der Waals surface area (Å²) in [5.74, 6) is 0. The Hall–Kier alpha value is -1.09. The molecule has 1 aliphatic heterocycles. The molecule has 0 saturated carbocycles. The molecule has 20 heavy (non-hydrogen) atoms. The first-order valence-corrected chi connectivity index (χ1v) is 7.88. The molecule has 0 amide bonds. The van der Waals surface area contributed by atoms with Gasteiger partial charge in [0, 0.05) is 47.8 Å². The molecule has 3 heteroatoms. The van der Waals surface area contributed by atoms with Crippen molar-refractivity contribution in [3.05, 3.63) is 24.0 Å². The van der Waals surface area contributed by atoms with Crippen molar-refractivity contribution in [1.29, 1.82) is 0 Å². The molecule has 1 fully saturated rings. The van der Waals surface area contributed by atoms with Gasteiger partial charge in [-0.1, -0.05) is 6.92 Å². The van der Waals surface area contributed by atoms with Crippen molar-refractivity contribution < 1.29 is 0 Å². The Morgan fingerprint density at radius 3 is 2.75 bits per heavy atom. The monoisotopic (exact) mass is 275 g/mol. The fourth-order valence-corrected chi connectivity index (χ4v) is 3.07. The summed E-state index contributed by atoms with van der Waals surface area (Å²) in [6.07, 6.45) is 7.78. The number of hydrogen-bond donors (Lipinski definition) is 1. The first-order valence-electron chi connectivity index (χ1n) is 7.88. The Morgan fingerprint density at radius 1 is 1.35 bits per heavy atom. The summed E-state index contributed by atoms with van der Waals surface area (Å²) in [6.45, 7) is 12.1. The van der Waals surface area contributed by atoms with E-state index in [1.54, 1.807) is 0 Å². The lowest BCUT2D eigenvalue weighted by atomic mass is 10.1. The molecule has 0 aliphatic carbocycles. The molecule has 2 rings (SSSR count). The molecule has 1 saturated heterocycles. The molecule has 1 N–H and O–H groups in total. The van der Waals surface area contributed by atoms with Crippen molar-refractivity contribution in [3.8, 4) is 0 Å². The Labute approximate surface area is 123 Å². The van der Waals surface area contributed by atoms with Gasteiger partial charge in [-0.25, -0.2) is 0 Å². The summed E-state index contributed by atoms with van der Waals surface area (Å²) in [5, 5.41) is 3.58. The Balaban J connectivity index is 2.23. The minimum atomic E-state index is 0.133. The van der Waals surface area contributed by atoms with Crippen LogP contribution in [0.15, 0.2) is 18.5 Å². The topological polar surface area (TPSA) is 28.2 Å². The molecule has 1 aromatic heterocycles. The average molecular weight is 275 g/mol. The lowest BCUT2D eigenvalue weighted by molar-refractivity contribution is 0.423. The van der Waals surface area contributed by atoms with E-state index in [2.05, 4.69) is 55.9 Å². The zero-order valence-electron chi connectivity index (χ0n) is 13.6. The smallest absolute Gasteiger partial charge is 0.0447 e. The number of nitrogens with one attached hydrogen (secondary N) is 1. The third kappa shape index (κ3) is 3.51. The summed E-state index contributed by atoms with van der Waals surface area (Å²) in [5.41, 5.74) is 2.82. The molecule has 0 radical (unpaired) electrons. The van der Waals surface area contributed by atoms with Crippen molar-refractivity contribution in [2.45, 2.75) is 78.0 Å². The molecular weight excluding hydrogens is 246 g/mol. The van der Waals surface area contributed by atoms with E-state index < -0.39 is 0 Å². The maximum Gasteiger partial charge on any atom is 0.0447 e. The Kier molecular flexibility index (Phi) is 4.69.